The summed E-state index contributed by atoms with van der Waals surface area (Å²) in [5.74, 6) is 0.0134. The molecule has 0 atom stereocenters. The van der Waals surface area contributed by atoms with Crippen LogP contribution >= 0.6 is 11.3 Å². The van der Waals surface area contributed by atoms with Crippen molar-refractivity contribution in [2.45, 2.75) is 33.1 Å². The third kappa shape index (κ3) is 4.76. The summed E-state index contributed by atoms with van der Waals surface area (Å²) in [6, 6.07) is 8.53. The zero-order valence-electron chi connectivity index (χ0n) is 14.3. The molecule has 0 aliphatic carbocycles. The lowest BCUT2D eigenvalue weighted by Crippen LogP contribution is -2.02. The zero-order valence-corrected chi connectivity index (χ0v) is 15.1. The first-order valence-electron chi connectivity index (χ1n) is 7.97. The van der Waals surface area contributed by atoms with Gasteiger partial charge in [0.05, 0.1) is 10.6 Å². The second kappa shape index (κ2) is 8.06. The van der Waals surface area contributed by atoms with E-state index in [2.05, 4.69) is 36.2 Å². The van der Waals surface area contributed by atoms with Gasteiger partial charge in [-0.3, -0.25) is 4.79 Å². The summed E-state index contributed by atoms with van der Waals surface area (Å²) in [4.78, 5) is 19.4. The van der Waals surface area contributed by atoms with Crippen LogP contribution < -0.4 is 0 Å². The standard InChI is InChI=1S/C19H24N2OS/c1-5-6-7-15-8-10-16(11-9-15)19-20-14(2)18(23-19)17(22)12-13-21(3)4/h8-13H,5-7H2,1-4H3/b13-12+. The molecule has 2 rings (SSSR count). The van der Waals surface area contributed by atoms with Crippen LogP contribution in [0.5, 0.6) is 0 Å². The molecule has 0 saturated heterocycles. The lowest BCUT2D eigenvalue weighted by molar-refractivity contribution is 0.104. The van der Waals surface area contributed by atoms with Crippen molar-refractivity contribution in [3.63, 3.8) is 0 Å². The molecule has 3 nitrogen and oxygen atoms in total. The Hall–Kier alpha value is -1.94. The lowest BCUT2D eigenvalue weighted by atomic mass is 10.1. The fraction of sp³-hybridized carbons (Fsp3) is 0.368. The number of thiazole rings is 1. The van der Waals surface area contributed by atoms with Crippen LogP contribution in [-0.2, 0) is 6.42 Å². The molecule has 23 heavy (non-hydrogen) atoms. The molecule has 0 unspecified atom stereocenters. The highest BCUT2D eigenvalue weighted by Crippen LogP contribution is 2.28. The van der Waals surface area contributed by atoms with Crippen molar-refractivity contribution >= 4 is 17.1 Å². The molecule has 0 amide bonds. The summed E-state index contributed by atoms with van der Waals surface area (Å²) in [5.41, 5.74) is 3.23. The topological polar surface area (TPSA) is 33.2 Å². The number of ketones is 1. The second-order valence-electron chi connectivity index (χ2n) is 5.88. The molecule has 0 bridgehead atoms. The van der Waals surface area contributed by atoms with E-state index in [1.807, 2.05) is 25.9 Å². The summed E-state index contributed by atoms with van der Waals surface area (Å²) >= 11 is 1.47. The highest BCUT2D eigenvalue weighted by Gasteiger charge is 2.14. The van der Waals surface area contributed by atoms with Crippen molar-refractivity contribution in [3.05, 3.63) is 52.7 Å². The van der Waals surface area contributed by atoms with Crippen LogP contribution in [0.4, 0.5) is 0 Å². The predicted octanol–water partition coefficient (Wildman–Crippen LogP) is 4.72. The third-order valence-corrected chi connectivity index (χ3v) is 4.79. The molecule has 2 aromatic rings. The van der Waals surface area contributed by atoms with E-state index in [1.165, 1.54) is 29.7 Å². The number of hydrogen-bond donors (Lipinski definition) is 0. The fourth-order valence-electron chi connectivity index (χ4n) is 2.24. The van der Waals surface area contributed by atoms with Crippen molar-refractivity contribution in [1.29, 1.82) is 0 Å². The highest BCUT2D eigenvalue weighted by atomic mass is 32.1. The van der Waals surface area contributed by atoms with Crippen LogP contribution in [0.3, 0.4) is 0 Å². The zero-order chi connectivity index (χ0) is 16.8. The molecule has 0 fully saturated rings. The summed E-state index contributed by atoms with van der Waals surface area (Å²) in [6.07, 6.45) is 6.90. The molecule has 0 spiro atoms. The summed E-state index contributed by atoms with van der Waals surface area (Å²) < 4.78 is 0. The molecule has 0 aliphatic heterocycles. The van der Waals surface area contributed by atoms with Gasteiger partial charge in [0.15, 0.2) is 5.78 Å². The van der Waals surface area contributed by atoms with E-state index in [9.17, 15) is 4.79 Å². The Labute approximate surface area is 142 Å². The first-order valence-corrected chi connectivity index (χ1v) is 8.78. The van der Waals surface area contributed by atoms with Gasteiger partial charge in [-0.1, -0.05) is 37.6 Å². The number of aryl methyl sites for hydroxylation is 2. The van der Waals surface area contributed by atoms with Gasteiger partial charge in [0.2, 0.25) is 0 Å². The Morgan fingerprint density at radius 3 is 2.57 bits per heavy atom. The smallest absolute Gasteiger partial charge is 0.199 e. The number of carbonyl (C=O) groups excluding carboxylic acids is 1. The van der Waals surface area contributed by atoms with Crippen LogP contribution in [0, 0.1) is 6.92 Å². The molecule has 1 aromatic heterocycles. The van der Waals surface area contributed by atoms with Gasteiger partial charge in [0.25, 0.3) is 0 Å². The minimum atomic E-state index is 0.0134. The summed E-state index contributed by atoms with van der Waals surface area (Å²) in [7, 11) is 3.80. The first kappa shape index (κ1) is 17.4. The molecule has 0 saturated carbocycles. The van der Waals surface area contributed by atoms with Crippen LogP contribution in [0.15, 0.2) is 36.5 Å². The average molecular weight is 328 g/mol. The molecule has 0 radical (unpaired) electrons. The van der Waals surface area contributed by atoms with E-state index in [0.717, 1.165) is 22.7 Å². The van der Waals surface area contributed by atoms with E-state index in [0.29, 0.717) is 4.88 Å². The second-order valence-corrected chi connectivity index (χ2v) is 6.88. The quantitative estimate of drug-likeness (QED) is 0.545. The number of hydrogen-bond acceptors (Lipinski definition) is 4. The van der Waals surface area contributed by atoms with Crippen LogP contribution in [-0.4, -0.2) is 29.8 Å². The summed E-state index contributed by atoms with van der Waals surface area (Å²) in [5, 5.41) is 0.908. The van der Waals surface area contributed by atoms with Crippen molar-refractivity contribution in [2.75, 3.05) is 14.1 Å². The van der Waals surface area contributed by atoms with Gasteiger partial charge >= 0.3 is 0 Å². The normalized spacial score (nSPS) is 11.1. The number of nitrogens with zero attached hydrogens (tertiary/aromatic N) is 2. The van der Waals surface area contributed by atoms with E-state index in [-0.39, 0.29) is 5.78 Å². The number of unbranched alkanes of at least 4 members (excludes halogenated alkanes) is 1. The number of carbonyl (C=O) groups is 1. The van der Waals surface area contributed by atoms with Crippen molar-refractivity contribution < 1.29 is 4.79 Å². The first-order chi connectivity index (χ1) is 11.0. The molecular formula is C19H24N2OS. The van der Waals surface area contributed by atoms with Crippen LogP contribution in [0.2, 0.25) is 0 Å². The Morgan fingerprint density at radius 1 is 1.26 bits per heavy atom. The molecule has 4 heteroatoms. The maximum atomic E-state index is 12.2. The van der Waals surface area contributed by atoms with Crippen molar-refractivity contribution in [2.24, 2.45) is 0 Å². The summed E-state index contributed by atoms with van der Waals surface area (Å²) in [6.45, 7) is 4.10. The van der Waals surface area contributed by atoms with Gasteiger partial charge in [0.1, 0.15) is 5.01 Å². The third-order valence-electron chi connectivity index (χ3n) is 3.56. The highest BCUT2D eigenvalue weighted by molar-refractivity contribution is 7.17. The van der Waals surface area contributed by atoms with Crippen LogP contribution in [0.25, 0.3) is 10.6 Å². The molecule has 1 aromatic carbocycles. The van der Waals surface area contributed by atoms with E-state index in [4.69, 9.17) is 0 Å². The maximum absolute atomic E-state index is 12.2. The molecule has 0 N–H and O–H groups in total. The lowest BCUT2D eigenvalue weighted by Gasteiger charge is -2.02. The fourth-order valence-corrected chi connectivity index (χ4v) is 3.23. The Bertz CT molecular complexity index is 684. The van der Waals surface area contributed by atoms with E-state index < -0.39 is 0 Å². The van der Waals surface area contributed by atoms with Crippen molar-refractivity contribution in [3.8, 4) is 10.6 Å². The SMILES string of the molecule is CCCCc1ccc(-c2nc(C)c(C(=O)/C=C/N(C)C)s2)cc1. The van der Waals surface area contributed by atoms with Gasteiger partial charge < -0.3 is 4.90 Å². The Morgan fingerprint density at radius 2 is 1.96 bits per heavy atom. The maximum Gasteiger partial charge on any atom is 0.199 e. The number of rotatable bonds is 7. The average Bonchev–Trinajstić information content (AvgIpc) is 2.93. The molecular weight excluding hydrogens is 304 g/mol. The van der Waals surface area contributed by atoms with Crippen molar-refractivity contribution in [1.82, 2.24) is 9.88 Å². The Kier molecular flexibility index (Phi) is 6.11. The van der Waals surface area contributed by atoms with Gasteiger partial charge in [0, 0.05) is 31.9 Å². The minimum absolute atomic E-state index is 0.0134. The monoisotopic (exact) mass is 328 g/mol. The van der Waals surface area contributed by atoms with E-state index in [1.54, 1.807) is 12.3 Å². The molecule has 0 aliphatic rings. The number of aromatic nitrogens is 1. The van der Waals surface area contributed by atoms with Gasteiger partial charge in [-0.05, 0) is 25.3 Å². The molecule has 122 valence electrons. The minimum Gasteiger partial charge on any atom is -0.383 e. The van der Waals surface area contributed by atoms with Gasteiger partial charge in [-0.25, -0.2) is 4.98 Å². The Balaban J connectivity index is 2.18. The van der Waals surface area contributed by atoms with E-state index >= 15 is 0 Å². The van der Waals surface area contributed by atoms with Gasteiger partial charge in [-0.2, -0.15) is 0 Å². The number of benzene rings is 1. The predicted molar refractivity (Wildman–Crippen MR) is 98.1 cm³/mol. The van der Waals surface area contributed by atoms with Crippen LogP contribution in [0.1, 0.15) is 40.7 Å². The largest absolute Gasteiger partial charge is 0.383 e. The van der Waals surface area contributed by atoms with Gasteiger partial charge in [-0.15, -0.1) is 11.3 Å². The number of allylic oxidation sites excluding steroid dienone is 1. The molecule has 1 heterocycles.